The van der Waals surface area contributed by atoms with Crippen molar-refractivity contribution in [3.05, 3.63) is 53.1 Å². The largest absolute Gasteiger partial charge is 0.367 e. The maximum Gasteiger partial charge on any atom is 0.264 e. The minimum Gasteiger partial charge on any atom is -0.367 e. The van der Waals surface area contributed by atoms with Crippen LogP contribution in [0.25, 0.3) is 22.2 Å². The van der Waals surface area contributed by atoms with Gasteiger partial charge in [-0.05, 0) is 18.9 Å². The Kier molecular flexibility index (Phi) is 2.92. The highest BCUT2D eigenvalue weighted by atomic mass is 16.1. The molecule has 1 N–H and O–H groups in total. The standard InChI is InChI=1S/C17H16N4O/c1-21-10-18-14-9-13(11-5-3-2-4-6-11)20-16(15(14)17(21)22)19-12-7-8-12/h2-6,9-10,12H,7-8H2,1H3,(H,19,20). The molecule has 1 aliphatic carbocycles. The molecule has 1 fully saturated rings. The van der Waals surface area contributed by atoms with E-state index in [0.29, 0.717) is 22.8 Å². The van der Waals surface area contributed by atoms with Gasteiger partial charge in [0.1, 0.15) is 11.2 Å². The number of benzene rings is 1. The van der Waals surface area contributed by atoms with Crippen molar-refractivity contribution < 1.29 is 0 Å². The van der Waals surface area contributed by atoms with Gasteiger partial charge in [0, 0.05) is 18.7 Å². The van der Waals surface area contributed by atoms with Crippen LogP contribution in [0.15, 0.2) is 47.5 Å². The first kappa shape index (κ1) is 13.0. The molecule has 0 saturated heterocycles. The second-order valence-electron chi connectivity index (χ2n) is 5.70. The van der Waals surface area contributed by atoms with E-state index in [4.69, 9.17) is 0 Å². The Balaban J connectivity index is 1.97. The topological polar surface area (TPSA) is 59.8 Å². The van der Waals surface area contributed by atoms with E-state index in [-0.39, 0.29) is 5.56 Å². The van der Waals surface area contributed by atoms with Crippen molar-refractivity contribution in [1.29, 1.82) is 0 Å². The third-order valence-electron chi connectivity index (χ3n) is 3.89. The van der Waals surface area contributed by atoms with E-state index in [9.17, 15) is 4.79 Å². The van der Waals surface area contributed by atoms with Gasteiger partial charge in [-0.3, -0.25) is 4.79 Å². The summed E-state index contributed by atoms with van der Waals surface area (Å²) in [7, 11) is 1.71. The van der Waals surface area contributed by atoms with E-state index in [1.54, 1.807) is 13.4 Å². The van der Waals surface area contributed by atoms with Gasteiger partial charge in [0.25, 0.3) is 5.56 Å². The molecular formula is C17H16N4O. The molecule has 110 valence electrons. The number of nitrogens with one attached hydrogen (secondary N) is 1. The number of pyridine rings is 1. The summed E-state index contributed by atoms with van der Waals surface area (Å²) in [5.41, 5.74) is 2.46. The maximum atomic E-state index is 12.4. The van der Waals surface area contributed by atoms with Crippen LogP contribution < -0.4 is 10.9 Å². The summed E-state index contributed by atoms with van der Waals surface area (Å²) in [4.78, 5) is 21.5. The number of fused-ring (bicyclic) bond motifs is 1. The fraction of sp³-hybridized carbons (Fsp3) is 0.235. The van der Waals surface area contributed by atoms with Crippen LogP contribution in [0.5, 0.6) is 0 Å². The molecule has 5 heteroatoms. The molecule has 0 amide bonds. The van der Waals surface area contributed by atoms with Crippen LogP contribution in [0.1, 0.15) is 12.8 Å². The quantitative estimate of drug-likeness (QED) is 0.806. The van der Waals surface area contributed by atoms with Gasteiger partial charge in [-0.1, -0.05) is 30.3 Å². The highest BCUT2D eigenvalue weighted by Gasteiger charge is 2.23. The number of hydrogen-bond donors (Lipinski definition) is 1. The number of aromatic nitrogens is 3. The Morgan fingerprint density at radius 1 is 1.23 bits per heavy atom. The Bertz CT molecular complexity index is 898. The highest BCUT2D eigenvalue weighted by Crippen LogP contribution is 2.29. The normalized spacial score (nSPS) is 14.2. The van der Waals surface area contributed by atoms with E-state index < -0.39 is 0 Å². The van der Waals surface area contributed by atoms with E-state index >= 15 is 0 Å². The van der Waals surface area contributed by atoms with Crippen LogP contribution in [0, 0.1) is 0 Å². The van der Waals surface area contributed by atoms with Gasteiger partial charge in [0.05, 0.1) is 17.5 Å². The van der Waals surface area contributed by atoms with Gasteiger partial charge < -0.3 is 9.88 Å². The van der Waals surface area contributed by atoms with Crippen molar-refractivity contribution in [3.8, 4) is 11.3 Å². The first-order valence-corrected chi connectivity index (χ1v) is 7.41. The van der Waals surface area contributed by atoms with Gasteiger partial charge in [-0.2, -0.15) is 0 Å². The molecule has 0 atom stereocenters. The summed E-state index contributed by atoms with van der Waals surface area (Å²) in [6, 6.07) is 12.3. The second-order valence-corrected chi connectivity index (χ2v) is 5.70. The minimum atomic E-state index is -0.0692. The van der Waals surface area contributed by atoms with Gasteiger partial charge in [-0.15, -0.1) is 0 Å². The Labute approximate surface area is 127 Å². The number of hydrogen-bond acceptors (Lipinski definition) is 4. The fourth-order valence-corrected chi connectivity index (χ4v) is 2.50. The fourth-order valence-electron chi connectivity index (χ4n) is 2.50. The smallest absolute Gasteiger partial charge is 0.264 e. The molecule has 0 aliphatic heterocycles. The lowest BCUT2D eigenvalue weighted by Crippen LogP contribution is -2.19. The van der Waals surface area contributed by atoms with Gasteiger partial charge in [-0.25, -0.2) is 9.97 Å². The molecule has 4 rings (SSSR count). The van der Waals surface area contributed by atoms with Crippen LogP contribution in [0.4, 0.5) is 5.82 Å². The number of aryl methyl sites for hydroxylation is 1. The maximum absolute atomic E-state index is 12.4. The molecule has 3 aromatic rings. The van der Waals surface area contributed by atoms with E-state index in [1.807, 2.05) is 36.4 Å². The Morgan fingerprint density at radius 3 is 2.73 bits per heavy atom. The van der Waals surface area contributed by atoms with E-state index in [0.717, 1.165) is 24.1 Å². The molecule has 1 saturated carbocycles. The number of nitrogens with zero attached hydrogens (tertiary/aromatic N) is 3. The molecule has 0 unspecified atom stereocenters. The second kappa shape index (κ2) is 4.94. The molecule has 5 nitrogen and oxygen atoms in total. The summed E-state index contributed by atoms with van der Waals surface area (Å²) in [5.74, 6) is 0.646. The lowest BCUT2D eigenvalue weighted by molar-refractivity contribution is 0.842. The minimum absolute atomic E-state index is 0.0692. The molecule has 22 heavy (non-hydrogen) atoms. The van der Waals surface area contributed by atoms with Gasteiger partial charge in [0.15, 0.2) is 0 Å². The number of rotatable bonds is 3. The van der Waals surface area contributed by atoms with Crippen LogP contribution in [-0.2, 0) is 7.05 Å². The summed E-state index contributed by atoms with van der Waals surface area (Å²) < 4.78 is 1.49. The number of anilines is 1. The van der Waals surface area contributed by atoms with Gasteiger partial charge in [0.2, 0.25) is 0 Å². The van der Waals surface area contributed by atoms with Crippen molar-refractivity contribution in [3.63, 3.8) is 0 Å². The SMILES string of the molecule is Cn1cnc2cc(-c3ccccc3)nc(NC3CC3)c2c1=O. The molecule has 2 aromatic heterocycles. The molecule has 0 spiro atoms. The first-order valence-electron chi connectivity index (χ1n) is 7.41. The molecule has 1 aliphatic rings. The third-order valence-corrected chi connectivity index (χ3v) is 3.89. The zero-order chi connectivity index (χ0) is 15.1. The predicted molar refractivity (Wildman–Crippen MR) is 86.9 cm³/mol. The zero-order valence-electron chi connectivity index (χ0n) is 12.3. The van der Waals surface area contributed by atoms with Gasteiger partial charge >= 0.3 is 0 Å². The third kappa shape index (κ3) is 2.24. The molecule has 2 heterocycles. The summed E-state index contributed by atoms with van der Waals surface area (Å²) >= 11 is 0. The van der Waals surface area contributed by atoms with E-state index in [2.05, 4.69) is 15.3 Å². The molecule has 0 radical (unpaired) electrons. The van der Waals surface area contributed by atoms with E-state index in [1.165, 1.54) is 4.57 Å². The average molecular weight is 292 g/mol. The van der Waals surface area contributed by atoms with Crippen molar-refractivity contribution in [1.82, 2.24) is 14.5 Å². The Morgan fingerprint density at radius 2 is 2.00 bits per heavy atom. The lowest BCUT2D eigenvalue weighted by Gasteiger charge is -2.11. The zero-order valence-corrected chi connectivity index (χ0v) is 12.3. The van der Waals surface area contributed by atoms with Crippen LogP contribution in [-0.4, -0.2) is 20.6 Å². The highest BCUT2D eigenvalue weighted by molar-refractivity contribution is 5.91. The molecular weight excluding hydrogens is 276 g/mol. The van der Waals surface area contributed by atoms with Crippen molar-refractivity contribution in [2.75, 3.05) is 5.32 Å². The summed E-state index contributed by atoms with van der Waals surface area (Å²) in [5, 5.41) is 3.94. The van der Waals surface area contributed by atoms with Crippen LogP contribution in [0.2, 0.25) is 0 Å². The molecule has 1 aromatic carbocycles. The first-order chi connectivity index (χ1) is 10.7. The average Bonchev–Trinajstić information content (AvgIpc) is 3.35. The van der Waals surface area contributed by atoms with Crippen molar-refractivity contribution in [2.24, 2.45) is 7.05 Å². The van der Waals surface area contributed by atoms with Crippen LogP contribution >= 0.6 is 0 Å². The summed E-state index contributed by atoms with van der Waals surface area (Å²) in [6.07, 6.45) is 3.80. The predicted octanol–water partition coefficient (Wildman–Crippen LogP) is 2.57. The monoisotopic (exact) mass is 292 g/mol. The van der Waals surface area contributed by atoms with Crippen LogP contribution in [0.3, 0.4) is 0 Å². The molecule has 0 bridgehead atoms. The van der Waals surface area contributed by atoms with Crippen molar-refractivity contribution in [2.45, 2.75) is 18.9 Å². The summed E-state index contributed by atoms with van der Waals surface area (Å²) in [6.45, 7) is 0. The Hall–Kier alpha value is -2.69. The lowest BCUT2D eigenvalue weighted by atomic mass is 10.1. The van der Waals surface area contributed by atoms with Crippen molar-refractivity contribution >= 4 is 16.7 Å².